The largest absolute Gasteiger partial charge is 0.336 e. The number of thiophene rings is 1. The van der Waals surface area contributed by atoms with Gasteiger partial charge in [0.2, 0.25) is 5.91 Å². The fraction of sp³-hybridized carbons (Fsp3) is 0.462. The summed E-state index contributed by atoms with van der Waals surface area (Å²) in [5.41, 5.74) is 6.95. The minimum Gasteiger partial charge on any atom is -0.336 e. The number of hydrogen-bond acceptors (Lipinski definition) is 3. The Labute approximate surface area is 120 Å². The first kappa shape index (κ1) is 13.8. The molecule has 2 heterocycles. The fourth-order valence-electron chi connectivity index (χ4n) is 2.21. The van der Waals surface area contributed by atoms with Crippen molar-refractivity contribution in [3.8, 4) is 0 Å². The fourth-order valence-corrected chi connectivity index (χ4v) is 3.35. The lowest BCUT2D eigenvalue weighted by atomic mass is 9.99. The third-order valence-electron chi connectivity index (χ3n) is 3.21. The lowest BCUT2D eigenvalue weighted by Crippen LogP contribution is -2.47. The van der Waals surface area contributed by atoms with Gasteiger partial charge in [-0.15, -0.1) is 11.3 Å². The van der Waals surface area contributed by atoms with Gasteiger partial charge in [-0.05, 0) is 58.8 Å². The van der Waals surface area contributed by atoms with Crippen LogP contribution >= 0.6 is 27.3 Å². The summed E-state index contributed by atoms with van der Waals surface area (Å²) >= 11 is 5.02. The molecule has 0 saturated carbocycles. The van der Waals surface area contributed by atoms with E-state index in [0.29, 0.717) is 0 Å². The van der Waals surface area contributed by atoms with Crippen LogP contribution in [-0.4, -0.2) is 29.4 Å². The van der Waals surface area contributed by atoms with E-state index < -0.39 is 0 Å². The Morgan fingerprint density at radius 1 is 1.67 bits per heavy atom. The van der Waals surface area contributed by atoms with E-state index in [1.807, 2.05) is 22.4 Å². The SMILES string of the molecule is CC1CC(N)CCN1C(=O)C=Cc1csc(Br)c1. The molecule has 18 heavy (non-hydrogen) atoms. The summed E-state index contributed by atoms with van der Waals surface area (Å²) in [7, 11) is 0. The van der Waals surface area contributed by atoms with Gasteiger partial charge in [0.05, 0.1) is 3.79 Å². The van der Waals surface area contributed by atoms with Gasteiger partial charge in [-0.2, -0.15) is 0 Å². The van der Waals surface area contributed by atoms with Gasteiger partial charge in [-0.1, -0.05) is 0 Å². The maximum Gasteiger partial charge on any atom is 0.246 e. The van der Waals surface area contributed by atoms with E-state index in [-0.39, 0.29) is 18.0 Å². The van der Waals surface area contributed by atoms with Crippen molar-refractivity contribution in [3.05, 3.63) is 26.9 Å². The minimum absolute atomic E-state index is 0.0803. The zero-order chi connectivity index (χ0) is 13.1. The molecule has 1 aliphatic heterocycles. The number of halogens is 1. The molecule has 0 aromatic carbocycles. The number of hydrogen-bond donors (Lipinski definition) is 1. The van der Waals surface area contributed by atoms with Gasteiger partial charge in [0.25, 0.3) is 0 Å². The molecule has 3 nitrogen and oxygen atoms in total. The first-order valence-electron chi connectivity index (χ1n) is 6.04. The monoisotopic (exact) mass is 328 g/mol. The van der Waals surface area contributed by atoms with Crippen LogP contribution in [0.3, 0.4) is 0 Å². The number of amides is 1. The average Bonchev–Trinajstić information content (AvgIpc) is 2.72. The Morgan fingerprint density at radius 2 is 2.44 bits per heavy atom. The molecule has 2 unspecified atom stereocenters. The summed E-state index contributed by atoms with van der Waals surface area (Å²) in [6.07, 6.45) is 5.31. The number of carbonyl (C=O) groups is 1. The second-order valence-corrected chi connectivity index (χ2v) is 6.97. The number of nitrogens with two attached hydrogens (primary N) is 1. The van der Waals surface area contributed by atoms with Crippen LogP contribution in [0.25, 0.3) is 6.08 Å². The highest BCUT2D eigenvalue weighted by Crippen LogP contribution is 2.22. The molecule has 0 aliphatic carbocycles. The van der Waals surface area contributed by atoms with Crippen molar-refractivity contribution < 1.29 is 4.79 Å². The molecule has 2 rings (SSSR count). The highest BCUT2D eigenvalue weighted by Gasteiger charge is 2.25. The second kappa shape index (κ2) is 5.99. The summed E-state index contributed by atoms with van der Waals surface area (Å²) < 4.78 is 1.08. The molecule has 5 heteroatoms. The van der Waals surface area contributed by atoms with Crippen molar-refractivity contribution in [3.63, 3.8) is 0 Å². The molecular weight excluding hydrogens is 312 g/mol. The van der Waals surface area contributed by atoms with Gasteiger partial charge in [0.15, 0.2) is 0 Å². The standard InChI is InChI=1S/C13H17BrN2OS/c1-9-6-11(15)4-5-16(9)13(17)3-2-10-7-12(14)18-8-10/h2-3,7-9,11H,4-6,15H2,1H3. The molecule has 1 aliphatic rings. The lowest BCUT2D eigenvalue weighted by Gasteiger charge is -2.35. The Bertz CT molecular complexity index is 458. The summed E-state index contributed by atoms with van der Waals surface area (Å²) in [5.74, 6) is 0.0803. The number of nitrogens with zero attached hydrogens (tertiary/aromatic N) is 1. The van der Waals surface area contributed by atoms with Crippen LogP contribution in [0.2, 0.25) is 0 Å². The van der Waals surface area contributed by atoms with Crippen LogP contribution in [0.15, 0.2) is 21.3 Å². The van der Waals surface area contributed by atoms with Crippen LogP contribution in [-0.2, 0) is 4.79 Å². The predicted octanol–water partition coefficient (Wildman–Crippen LogP) is 2.86. The van der Waals surface area contributed by atoms with Gasteiger partial charge in [0, 0.05) is 24.7 Å². The summed E-state index contributed by atoms with van der Waals surface area (Å²) in [6, 6.07) is 2.48. The zero-order valence-electron chi connectivity index (χ0n) is 10.3. The van der Waals surface area contributed by atoms with Crippen LogP contribution in [0.1, 0.15) is 25.3 Å². The normalized spacial score (nSPS) is 24.7. The van der Waals surface area contributed by atoms with Crippen molar-refractivity contribution in [1.82, 2.24) is 4.90 Å². The predicted molar refractivity (Wildman–Crippen MR) is 79.4 cm³/mol. The van der Waals surface area contributed by atoms with Crippen molar-refractivity contribution in [2.24, 2.45) is 5.73 Å². The number of piperidine rings is 1. The molecule has 0 radical (unpaired) electrons. The highest BCUT2D eigenvalue weighted by molar-refractivity contribution is 9.11. The first-order chi connectivity index (χ1) is 8.56. The van der Waals surface area contributed by atoms with Crippen molar-refractivity contribution in [2.75, 3.05) is 6.54 Å². The molecule has 1 aromatic heterocycles. The number of rotatable bonds is 2. The van der Waals surface area contributed by atoms with E-state index >= 15 is 0 Å². The van der Waals surface area contributed by atoms with Gasteiger partial charge in [-0.3, -0.25) is 4.79 Å². The van der Waals surface area contributed by atoms with E-state index in [1.165, 1.54) is 0 Å². The van der Waals surface area contributed by atoms with Crippen LogP contribution in [0.5, 0.6) is 0 Å². The third kappa shape index (κ3) is 3.43. The minimum atomic E-state index is 0.0803. The molecule has 2 N–H and O–H groups in total. The molecule has 1 fully saturated rings. The third-order valence-corrected chi connectivity index (χ3v) is 4.73. The van der Waals surface area contributed by atoms with Crippen molar-refractivity contribution in [1.29, 1.82) is 0 Å². The maximum atomic E-state index is 12.1. The summed E-state index contributed by atoms with van der Waals surface area (Å²) in [4.78, 5) is 14.0. The average molecular weight is 329 g/mol. The maximum absolute atomic E-state index is 12.1. The highest BCUT2D eigenvalue weighted by atomic mass is 79.9. The molecule has 98 valence electrons. The Morgan fingerprint density at radius 3 is 3.06 bits per heavy atom. The molecule has 0 spiro atoms. The molecule has 0 bridgehead atoms. The first-order valence-corrected chi connectivity index (χ1v) is 7.72. The molecular formula is C13H17BrN2OS. The van der Waals surface area contributed by atoms with E-state index in [1.54, 1.807) is 17.4 Å². The number of carbonyl (C=O) groups excluding carboxylic acids is 1. The van der Waals surface area contributed by atoms with E-state index in [4.69, 9.17) is 5.73 Å². The Hall–Kier alpha value is -0.650. The molecule has 2 atom stereocenters. The molecule has 1 amide bonds. The molecule has 1 saturated heterocycles. The van der Waals surface area contributed by atoms with Gasteiger partial charge < -0.3 is 10.6 Å². The summed E-state index contributed by atoms with van der Waals surface area (Å²) in [5, 5.41) is 2.02. The topological polar surface area (TPSA) is 46.3 Å². The van der Waals surface area contributed by atoms with Crippen LogP contribution in [0, 0.1) is 0 Å². The Kier molecular flexibility index (Phi) is 4.59. The van der Waals surface area contributed by atoms with Crippen LogP contribution < -0.4 is 5.73 Å². The van der Waals surface area contributed by atoms with Gasteiger partial charge >= 0.3 is 0 Å². The van der Waals surface area contributed by atoms with E-state index in [2.05, 4.69) is 22.9 Å². The van der Waals surface area contributed by atoms with Crippen LogP contribution in [0.4, 0.5) is 0 Å². The smallest absolute Gasteiger partial charge is 0.246 e. The number of likely N-dealkylation sites (tertiary alicyclic amines) is 1. The summed E-state index contributed by atoms with van der Waals surface area (Å²) in [6.45, 7) is 2.82. The second-order valence-electron chi connectivity index (χ2n) is 4.68. The molecule has 1 aromatic rings. The quantitative estimate of drug-likeness (QED) is 0.848. The van der Waals surface area contributed by atoms with Gasteiger partial charge in [-0.25, -0.2) is 0 Å². The zero-order valence-corrected chi connectivity index (χ0v) is 12.7. The van der Waals surface area contributed by atoms with E-state index in [0.717, 1.165) is 28.7 Å². The van der Waals surface area contributed by atoms with Gasteiger partial charge in [0.1, 0.15) is 0 Å². The van der Waals surface area contributed by atoms with E-state index in [9.17, 15) is 4.79 Å². The van der Waals surface area contributed by atoms with Crippen molar-refractivity contribution in [2.45, 2.75) is 31.8 Å². The Balaban J connectivity index is 1.97. The lowest BCUT2D eigenvalue weighted by molar-refractivity contribution is -0.129. The van der Waals surface area contributed by atoms with Crippen molar-refractivity contribution >= 4 is 39.2 Å².